The van der Waals surface area contributed by atoms with Crippen LogP contribution in [-0.2, 0) is 9.59 Å². The van der Waals surface area contributed by atoms with Gasteiger partial charge in [0.2, 0.25) is 0 Å². The smallest absolute Gasteiger partial charge is 0.316 e. The summed E-state index contributed by atoms with van der Waals surface area (Å²) in [5.74, 6) is -2.60. The van der Waals surface area contributed by atoms with Crippen molar-refractivity contribution in [3.63, 3.8) is 0 Å². The number of hydrogen-bond acceptors (Lipinski definition) is 5. The summed E-state index contributed by atoms with van der Waals surface area (Å²) in [6.07, 6.45) is 1.90. The number of nitrogens with one attached hydrogen (secondary N) is 2. The van der Waals surface area contributed by atoms with Gasteiger partial charge in [-0.3, -0.25) is 19.7 Å². The monoisotopic (exact) mass is 329 g/mol. The van der Waals surface area contributed by atoms with Gasteiger partial charge in [-0.25, -0.2) is 0 Å². The second kappa shape index (κ2) is 7.46. The summed E-state index contributed by atoms with van der Waals surface area (Å²) < 4.78 is 0. The summed E-state index contributed by atoms with van der Waals surface area (Å²) in [5, 5.41) is 4.47. The number of imide groups is 1. The number of rotatable bonds is 3. The van der Waals surface area contributed by atoms with Gasteiger partial charge in [0.15, 0.2) is 0 Å². The Morgan fingerprint density at radius 1 is 1.00 bits per heavy atom. The van der Waals surface area contributed by atoms with Crippen LogP contribution in [0.15, 0.2) is 53.4 Å². The number of hydrogen-bond donors (Lipinski definition) is 3. The number of anilines is 2. The first-order valence-corrected chi connectivity index (χ1v) is 7.88. The van der Waals surface area contributed by atoms with Gasteiger partial charge < -0.3 is 11.1 Å². The van der Waals surface area contributed by atoms with E-state index in [1.165, 1.54) is 36.0 Å². The molecule has 0 aliphatic carbocycles. The minimum Gasteiger partial charge on any atom is -0.399 e. The lowest BCUT2D eigenvalue weighted by atomic mass is 10.2. The van der Waals surface area contributed by atoms with Crippen LogP contribution >= 0.6 is 11.8 Å². The molecule has 0 bridgehead atoms. The maximum Gasteiger partial charge on any atom is 0.316 e. The molecule has 0 aliphatic rings. The third-order valence-electron chi connectivity index (χ3n) is 2.93. The quantitative estimate of drug-likeness (QED) is 0.453. The van der Waals surface area contributed by atoms with Crippen molar-refractivity contribution < 1.29 is 14.4 Å². The molecular formula is C16H15N3O3S. The molecule has 23 heavy (non-hydrogen) atoms. The number of thioether (sulfide) groups is 1. The molecule has 0 radical (unpaired) electrons. The Bertz CT molecular complexity index is 744. The van der Waals surface area contributed by atoms with E-state index in [9.17, 15) is 14.4 Å². The van der Waals surface area contributed by atoms with Crippen molar-refractivity contribution in [1.82, 2.24) is 5.32 Å². The molecule has 0 unspecified atom stereocenters. The lowest BCUT2D eigenvalue weighted by molar-refractivity contribution is -0.135. The maximum absolute atomic E-state index is 11.9. The summed E-state index contributed by atoms with van der Waals surface area (Å²) in [5.41, 5.74) is 6.74. The summed E-state index contributed by atoms with van der Waals surface area (Å²) in [4.78, 5) is 36.4. The van der Waals surface area contributed by atoms with Gasteiger partial charge in [-0.05, 0) is 48.7 Å². The molecule has 3 amide bonds. The van der Waals surface area contributed by atoms with Crippen molar-refractivity contribution >= 4 is 40.9 Å². The molecule has 0 spiro atoms. The molecule has 0 aromatic heterocycles. The maximum atomic E-state index is 11.9. The van der Waals surface area contributed by atoms with Crippen LogP contribution in [0.1, 0.15) is 10.4 Å². The SMILES string of the molecule is CSc1cccc(NC(=O)C(=O)NC(=O)c2ccc(N)cc2)c1. The van der Waals surface area contributed by atoms with Gasteiger partial charge in [-0.1, -0.05) is 6.07 Å². The van der Waals surface area contributed by atoms with Crippen LogP contribution in [-0.4, -0.2) is 24.0 Å². The Morgan fingerprint density at radius 2 is 1.70 bits per heavy atom. The van der Waals surface area contributed by atoms with E-state index < -0.39 is 17.7 Å². The molecule has 2 aromatic rings. The molecule has 0 aliphatic heterocycles. The zero-order valence-electron chi connectivity index (χ0n) is 12.3. The highest BCUT2D eigenvalue weighted by Gasteiger charge is 2.18. The highest BCUT2D eigenvalue weighted by atomic mass is 32.2. The first-order chi connectivity index (χ1) is 11.0. The number of benzene rings is 2. The zero-order valence-corrected chi connectivity index (χ0v) is 13.1. The minimum atomic E-state index is -1.03. The molecule has 118 valence electrons. The molecule has 0 heterocycles. The van der Waals surface area contributed by atoms with Gasteiger partial charge in [0.25, 0.3) is 5.91 Å². The Morgan fingerprint density at radius 3 is 2.35 bits per heavy atom. The third-order valence-corrected chi connectivity index (χ3v) is 3.66. The summed E-state index contributed by atoms with van der Waals surface area (Å²) in [7, 11) is 0. The van der Waals surface area contributed by atoms with E-state index in [0.717, 1.165) is 4.90 Å². The zero-order chi connectivity index (χ0) is 16.8. The van der Waals surface area contributed by atoms with Crippen molar-refractivity contribution in [2.45, 2.75) is 4.90 Å². The van der Waals surface area contributed by atoms with Gasteiger partial charge in [-0.15, -0.1) is 11.8 Å². The molecule has 6 nitrogen and oxygen atoms in total. The predicted molar refractivity (Wildman–Crippen MR) is 90.2 cm³/mol. The molecule has 2 aromatic carbocycles. The molecule has 0 saturated carbocycles. The molecular weight excluding hydrogens is 314 g/mol. The van der Waals surface area contributed by atoms with Crippen LogP contribution in [0.3, 0.4) is 0 Å². The first-order valence-electron chi connectivity index (χ1n) is 6.66. The van der Waals surface area contributed by atoms with Crippen LogP contribution in [0.5, 0.6) is 0 Å². The topological polar surface area (TPSA) is 101 Å². The molecule has 0 atom stereocenters. The van der Waals surface area contributed by atoms with E-state index in [4.69, 9.17) is 5.73 Å². The molecule has 7 heteroatoms. The van der Waals surface area contributed by atoms with Gasteiger partial charge in [0.05, 0.1) is 0 Å². The number of nitrogen functional groups attached to an aromatic ring is 1. The van der Waals surface area contributed by atoms with E-state index in [1.54, 1.807) is 18.2 Å². The van der Waals surface area contributed by atoms with Crippen LogP contribution in [0, 0.1) is 0 Å². The number of amides is 3. The van der Waals surface area contributed by atoms with Gasteiger partial charge in [0.1, 0.15) is 0 Å². The lowest BCUT2D eigenvalue weighted by Crippen LogP contribution is -2.39. The first kappa shape index (κ1) is 16.6. The Hall–Kier alpha value is -2.80. The second-order valence-electron chi connectivity index (χ2n) is 4.59. The van der Waals surface area contributed by atoms with E-state index in [-0.39, 0.29) is 5.56 Å². The fraction of sp³-hybridized carbons (Fsp3) is 0.0625. The predicted octanol–water partition coefficient (Wildman–Crippen LogP) is 1.89. The molecule has 2 rings (SSSR count). The number of carbonyl (C=O) groups is 3. The lowest BCUT2D eigenvalue weighted by Gasteiger charge is -2.07. The summed E-state index contributed by atoms with van der Waals surface area (Å²) in [6, 6.07) is 13.0. The minimum absolute atomic E-state index is 0.240. The fourth-order valence-electron chi connectivity index (χ4n) is 1.76. The van der Waals surface area contributed by atoms with Crippen molar-refractivity contribution in [3.8, 4) is 0 Å². The third kappa shape index (κ3) is 4.58. The van der Waals surface area contributed by atoms with Crippen LogP contribution in [0.2, 0.25) is 0 Å². The van der Waals surface area contributed by atoms with Crippen molar-refractivity contribution in [2.24, 2.45) is 0 Å². The highest BCUT2D eigenvalue weighted by molar-refractivity contribution is 7.98. The standard InChI is InChI=1S/C16H15N3O3S/c1-23-13-4-2-3-12(9-13)18-15(21)16(22)19-14(20)10-5-7-11(17)8-6-10/h2-9H,17H2,1H3,(H,18,21)(H,19,20,22). The number of nitrogens with two attached hydrogens (primary N) is 1. The Kier molecular flexibility index (Phi) is 5.37. The second-order valence-corrected chi connectivity index (χ2v) is 5.47. The van der Waals surface area contributed by atoms with Gasteiger partial charge in [0, 0.05) is 21.8 Å². The Labute approximate surface area is 137 Å². The summed E-state index contributed by atoms with van der Waals surface area (Å²) >= 11 is 1.51. The van der Waals surface area contributed by atoms with Crippen molar-refractivity contribution in [3.05, 3.63) is 54.1 Å². The van der Waals surface area contributed by atoms with Crippen molar-refractivity contribution in [2.75, 3.05) is 17.3 Å². The van der Waals surface area contributed by atoms with E-state index in [2.05, 4.69) is 5.32 Å². The van der Waals surface area contributed by atoms with Crippen LogP contribution in [0.4, 0.5) is 11.4 Å². The number of carbonyl (C=O) groups excluding carboxylic acids is 3. The largest absolute Gasteiger partial charge is 0.399 e. The van der Waals surface area contributed by atoms with Gasteiger partial charge >= 0.3 is 11.8 Å². The van der Waals surface area contributed by atoms with E-state index in [1.807, 2.05) is 17.6 Å². The molecule has 4 N–H and O–H groups in total. The normalized spacial score (nSPS) is 9.96. The van der Waals surface area contributed by atoms with E-state index in [0.29, 0.717) is 11.4 Å². The van der Waals surface area contributed by atoms with Crippen LogP contribution < -0.4 is 16.4 Å². The Balaban J connectivity index is 1.98. The van der Waals surface area contributed by atoms with Crippen molar-refractivity contribution in [1.29, 1.82) is 0 Å². The fourth-order valence-corrected chi connectivity index (χ4v) is 2.21. The van der Waals surface area contributed by atoms with Crippen LogP contribution in [0.25, 0.3) is 0 Å². The summed E-state index contributed by atoms with van der Waals surface area (Å²) in [6.45, 7) is 0. The molecule has 0 saturated heterocycles. The average molecular weight is 329 g/mol. The van der Waals surface area contributed by atoms with E-state index >= 15 is 0 Å². The average Bonchev–Trinajstić information content (AvgIpc) is 2.55. The molecule has 0 fully saturated rings. The highest BCUT2D eigenvalue weighted by Crippen LogP contribution is 2.18. The van der Waals surface area contributed by atoms with Gasteiger partial charge in [-0.2, -0.15) is 0 Å².